The SMILES string of the molecule is CC/C=C(/C1CCN(C(C)c2ccncc2)CC1)N1CCC(N(C)c2ccccc2NC)CC1. The van der Waals surface area contributed by atoms with Crippen LogP contribution in [0.25, 0.3) is 0 Å². The van der Waals surface area contributed by atoms with Crippen LogP contribution in [0.15, 0.2) is 60.6 Å². The summed E-state index contributed by atoms with van der Waals surface area (Å²) >= 11 is 0. The van der Waals surface area contributed by atoms with E-state index in [4.69, 9.17) is 0 Å². The van der Waals surface area contributed by atoms with Gasteiger partial charge in [0.15, 0.2) is 0 Å². The van der Waals surface area contributed by atoms with Gasteiger partial charge >= 0.3 is 0 Å². The highest BCUT2D eigenvalue weighted by atomic mass is 15.2. The smallest absolute Gasteiger partial charge is 0.0601 e. The molecule has 1 N–H and O–H groups in total. The van der Waals surface area contributed by atoms with Crippen LogP contribution in [0.2, 0.25) is 0 Å². The molecule has 0 saturated carbocycles. The van der Waals surface area contributed by atoms with E-state index in [1.54, 1.807) is 5.70 Å². The number of pyridine rings is 1. The minimum absolute atomic E-state index is 0.467. The average molecular weight is 462 g/mol. The van der Waals surface area contributed by atoms with Gasteiger partial charge in [0.1, 0.15) is 0 Å². The lowest BCUT2D eigenvalue weighted by Crippen LogP contribution is -2.45. The number of nitrogens with one attached hydrogen (secondary N) is 1. The zero-order valence-corrected chi connectivity index (χ0v) is 21.6. The van der Waals surface area contributed by atoms with Crippen LogP contribution in [-0.4, -0.2) is 61.1 Å². The average Bonchev–Trinajstić information content (AvgIpc) is 2.91. The summed E-state index contributed by atoms with van der Waals surface area (Å²) in [6.45, 7) is 9.30. The summed E-state index contributed by atoms with van der Waals surface area (Å²) in [5.41, 5.74) is 5.52. The van der Waals surface area contributed by atoms with Crippen molar-refractivity contribution in [3.63, 3.8) is 0 Å². The van der Waals surface area contributed by atoms with Crippen molar-refractivity contribution in [1.29, 1.82) is 0 Å². The Balaban J connectivity index is 1.34. The van der Waals surface area contributed by atoms with E-state index < -0.39 is 0 Å². The van der Waals surface area contributed by atoms with Crippen LogP contribution < -0.4 is 10.2 Å². The molecule has 184 valence electrons. The zero-order chi connectivity index (χ0) is 23.9. The van der Waals surface area contributed by atoms with Gasteiger partial charge in [0.2, 0.25) is 0 Å². The number of anilines is 2. The molecule has 34 heavy (non-hydrogen) atoms. The fourth-order valence-electron chi connectivity index (χ4n) is 5.90. The summed E-state index contributed by atoms with van der Waals surface area (Å²) in [5, 5.41) is 3.36. The van der Waals surface area contributed by atoms with Gasteiger partial charge in [-0.25, -0.2) is 0 Å². The quantitative estimate of drug-likeness (QED) is 0.538. The number of allylic oxidation sites excluding steroid dienone is 2. The normalized spacial score (nSPS) is 19.8. The third-order valence-corrected chi connectivity index (χ3v) is 8.03. The Morgan fingerprint density at radius 3 is 2.38 bits per heavy atom. The maximum atomic E-state index is 4.18. The molecule has 0 spiro atoms. The molecule has 1 aromatic heterocycles. The number of rotatable bonds is 8. The summed E-state index contributed by atoms with van der Waals surface area (Å²) in [6.07, 6.45) is 12.4. The molecule has 2 aliphatic rings. The Morgan fingerprint density at radius 1 is 1.06 bits per heavy atom. The molecule has 4 rings (SSSR count). The summed E-state index contributed by atoms with van der Waals surface area (Å²) in [5.74, 6) is 0.695. The van der Waals surface area contributed by atoms with Crippen molar-refractivity contribution in [1.82, 2.24) is 14.8 Å². The highest BCUT2D eigenvalue weighted by molar-refractivity contribution is 5.69. The number of hydrogen-bond donors (Lipinski definition) is 1. The molecule has 2 aliphatic heterocycles. The van der Waals surface area contributed by atoms with Gasteiger partial charge in [0.05, 0.1) is 11.4 Å². The second kappa shape index (κ2) is 11.7. The number of hydrogen-bond acceptors (Lipinski definition) is 5. The Morgan fingerprint density at radius 2 is 1.74 bits per heavy atom. The lowest BCUT2D eigenvalue weighted by atomic mass is 9.89. The van der Waals surface area contributed by atoms with Gasteiger partial charge in [-0.2, -0.15) is 0 Å². The molecule has 5 nitrogen and oxygen atoms in total. The van der Waals surface area contributed by atoms with Crippen molar-refractivity contribution in [3.8, 4) is 0 Å². The number of aromatic nitrogens is 1. The minimum Gasteiger partial charge on any atom is -0.386 e. The summed E-state index contributed by atoms with van der Waals surface area (Å²) in [6, 6.07) is 14.0. The molecule has 3 heterocycles. The fourth-order valence-corrected chi connectivity index (χ4v) is 5.90. The number of piperidine rings is 2. The Bertz CT molecular complexity index is 911. The third kappa shape index (κ3) is 5.57. The fraction of sp³-hybridized carbons (Fsp3) is 0.552. The highest BCUT2D eigenvalue weighted by Gasteiger charge is 2.30. The topological polar surface area (TPSA) is 34.6 Å². The second-order valence-corrected chi connectivity index (χ2v) is 9.90. The van der Waals surface area contributed by atoms with E-state index in [1.807, 2.05) is 19.4 Å². The Hall–Kier alpha value is -2.53. The van der Waals surface area contributed by atoms with Gasteiger partial charge in [-0.1, -0.05) is 25.1 Å². The van der Waals surface area contributed by atoms with Crippen LogP contribution >= 0.6 is 0 Å². The number of para-hydroxylation sites is 2. The van der Waals surface area contributed by atoms with Gasteiger partial charge in [0, 0.05) is 63.3 Å². The van der Waals surface area contributed by atoms with Crippen LogP contribution in [0.1, 0.15) is 57.6 Å². The lowest BCUT2D eigenvalue weighted by molar-refractivity contribution is 0.132. The first kappa shape index (κ1) is 24.6. The van der Waals surface area contributed by atoms with Crippen molar-refractivity contribution in [2.24, 2.45) is 5.92 Å². The lowest BCUT2D eigenvalue weighted by Gasteiger charge is -2.44. The standard InChI is InChI=1S/C29H43N5/c1-5-8-28(25-13-19-33(20-14-25)23(2)24-11-17-31-18-12-24)34-21-15-26(16-22-34)32(4)29-10-7-6-9-27(29)30-3/h6-12,17-18,23,25-26,30H,5,13-16,19-22H2,1-4H3/b28-8-. The summed E-state index contributed by atoms with van der Waals surface area (Å²) in [4.78, 5) is 12.0. The van der Waals surface area contributed by atoms with Gasteiger partial charge in [-0.15, -0.1) is 0 Å². The molecule has 1 aromatic carbocycles. The molecule has 0 bridgehead atoms. The summed E-state index contributed by atoms with van der Waals surface area (Å²) < 4.78 is 0. The molecule has 0 amide bonds. The predicted molar refractivity (Wildman–Crippen MR) is 144 cm³/mol. The maximum absolute atomic E-state index is 4.18. The van der Waals surface area contributed by atoms with E-state index in [0.717, 1.165) is 19.5 Å². The van der Waals surface area contributed by atoms with E-state index in [0.29, 0.717) is 18.0 Å². The van der Waals surface area contributed by atoms with Crippen molar-refractivity contribution < 1.29 is 0 Å². The second-order valence-electron chi connectivity index (χ2n) is 9.90. The molecule has 1 atom stereocenters. The molecule has 5 heteroatoms. The van der Waals surface area contributed by atoms with E-state index in [-0.39, 0.29) is 0 Å². The van der Waals surface area contributed by atoms with E-state index in [1.165, 1.54) is 55.7 Å². The van der Waals surface area contributed by atoms with E-state index >= 15 is 0 Å². The van der Waals surface area contributed by atoms with Crippen molar-refractivity contribution in [2.75, 3.05) is 50.5 Å². The van der Waals surface area contributed by atoms with Crippen LogP contribution in [0.5, 0.6) is 0 Å². The number of likely N-dealkylation sites (tertiary alicyclic amines) is 2. The van der Waals surface area contributed by atoms with Crippen LogP contribution in [0.4, 0.5) is 11.4 Å². The van der Waals surface area contributed by atoms with Crippen LogP contribution in [0.3, 0.4) is 0 Å². The first-order valence-electron chi connectivity index (χ1n) is 13.2. The first-order chi connectivity index (χ1) is 16.6. The molecular weight excluding hydrogens is 418 g/mol. The molecule has 2 saturated heterocycles. The number of benzene rings is 1. The van der Waals surface area contributed by atoms with Crippen LogP contribution in [0, 0.1) is 5.92 Å². The first-order valence-corrected chi connectivity index (χ1v) is 13.2. The number of nitrogens with zero attached hydrogens (tertiary/aromatic N) is 4. The zero-order valence-electron chi connectivity index (χ0n) is 21.6. The molecule has 2 aromatic rings. The molecule has 0 radical (unpaired) electrons. The van der Waals surface area contributed by atoms with Gasteiger partial charge in [0.25, 0.3) is 0 Å². The van der Waals surface area contributed by atoms with E-state index in [9.17, 15) is 0 Å². The molecule has 2 fully saturated rings. The Kier molecular flexibility index (Phi) is 8.49. The highest BCUT2D eigenvalue weighted by Crippen LogP contribution is 2.34. The predicted octanol–water partition coefficient (Wildman–Crippen LogP) is 5.79. The van der Waals surface area contributed by atoms with E-state index in [2.05, 4.69) is 88.4 Å². The van der Waals surface area contributed by atoms with Crippen molar-refractivity contribution in [2.45, 2.75) is 58.0 Å². The molecule has 0 aliphatic carbocycles. The Labute approximate surface area is 206 Å². The van der Waals surface area contributed by atoms with Crippen LogP contribution in [-0.2, 0) is 0 Å². The third-order valence-electron chi connectivity index (χ3n) is 8.03. The largest absolute Gasteiger partial charge is 0.386 e. The summed E-state index contributed by atoms with van der Waals surface area (Å²) in [7, 11) is 4.28. The maximum Gasteiger partial charge on any atom is 0.0601 e. The van der Waals surface area contributed by atoms with Crippen molar-refractivity contribution in [3.05, 3.63) is 66.1 Å². The monoisotopic (exact) mass is 461 g/mol. The van der Waals surface area contributed by atoms with Gasteiger partial charge in [-0.05, 0) is 81.9 Å². The van der Waals surface area contributed by atoms with Gasteiger partial charge < -0.3 is 15.1 Å². The molecular formula is C29H43N5. The van der Waals surface area contributed by atoms with Gasteiger partial charge in [-0.3, -0.25) is 9.88 Å². The molecule has 1 unspecified atom stereocenters. The van der Waals surface area contributed by atoms with Crippen molar-refractivity contribution >= 4 is 11.4 Å². The minimum atomic E-state index is 0.467.